The van der Waals surface area contributed by atoms with Crippen LogP contribution in [0, 0.1) is 20.8 Å². The number of amides is 3. The minimum absolute atomic E-state index is 0.0595. The Morgan fingerprint density at radius 1 is 0.929 bits per heavy atom. The zero-order valence-electron chi connectivity index (χ0n) is 18.2. The maximum absolute atomic E-state index is 12.2. The summed E-state index contributed by atoms with van der Waals surface area (Å²) >= 11 is 0. The van der Waals surface area contributed by atoms with E-state index in [0.29, 0.717) is 6.54 Å². The van der Waals surface area contributed by atoms with Gasteiger partial charge in [0.1, 0.15) is 0 Å². The molecule has 0 aliphatic rings. The Morgan fingerprint density at radius 3 is 1.96 bits per heavy atom. The molecule has 0 aliphatic carbocycles. The third-order valence-corrected chi connectivity index (χ3v) is 4.08. The number of nitrogens with one attached hydrogen (secondary N) is 3. The van der Waals surface area contributed by atoms with Crippen LogP contribution in [0.15, 0.2) is 12.1 Å². The van der Waals surface area contributed by atoms with Crippen LogP contribution in [0.1, 0.15) is 44.4 Å². The van der Waals surface area contributed by atoms with Crippen LogP contribution in [0.3, 0.4) is 0 Å². The van der Waals surface area contributed by atoms with E-state index in [4.69, 9.17) is 0 Å². The van der Waals surface area contributed by atoms with Gasteiger partial charge in [-0.2, -0.15) is 0 Å². The molecule has 0 spiro atoms. The third kappa shape index (κ3) is 8.52. The standard InChI is InChI=1S/C21H34N4O3/c1-8-25(13-19(28)24-21(5,6)7)12-18(27)22-11-17(26)23-20-15(3)9-14(2)10-16(20)4/h9-10H,8,11-13H2,1-7H3,(H,22,27)(H,23,26)(H,24,28). The van der Waals surface area contributed by atoms with Gasteiger partial charge in [0, 0.05) is 11.2 Å². The first-order chi connectivity index (χ1) is 12.9. The topological polar surface area (TPSA) is 90.5 Å². The fourth-order valence-corrected chi connectivity index (χ4v) is 2.94. The normalized spacial score (nSPS) is 11.3. The summed E-state index contributed by atoms with van der Waals surface area (Å²) in [6.45, 7) is 14.1. The average Bonchev–Trinajstić information content (AvgIpc) is 2.53. The molecule has 3 N–H and O–H groups in total. The van der Waals surface area contributed by atoms with E-state index in [-0.39, 0.29) is 42.9 Å². The zero-order valence-corrected chi connectivity index (χ0v) is 18.2. The van der Waals surface area contributed by atoms with Gasteiger partial charge in [-0.15, -0.1) is 0 Å². The molecule has 0 aromatic heterocycles. The van der Waals surface area contributed by atoms with Crippen LogP contribution in [0.25, 0.3) is 0 Å². The first kappa shape index (κ1) is 23.6. The number of likely N-dealkylation sites (N-methyl/N-ethyl adjacent to an activating group) is 1. The van der Waals surface area contributed by atoms with Crippen molar-refractivity contribution in [2.24, 2.45) is 0 Å². The second-order valence-electron chi connectivity index (χ2n) is 8.20. The fourth-order valence-electron chi connectivity index (χ4n) is 2.94. The molecule has 0 bridgehead atoms. The Bertz CT molecular complexity index is 700. The van der Waals surface area contributed by atoms with E-state index in [9.17, 15) is 14.4 Å². The van der Waals surface area contributed by atoms with E-state index in [1.807, 2.05) is 60.6 Å². The van der Waals surface area contributed by atoms with Gasteiger partial charge in [-0.05, 0) is 59.2 Å². The SMILES string of the molecule is CCN(CC(=O)NCC(=O)Nc1c(C)cc(C)cc1C)CC(=O)NC(C)(C)C. The van der Waals surface area contributed by atoms with Crippen molar-refractivity contribution < 1.29 is 14.4 Å². The monoisotopic (exact) mass is 390 g/mol. The maximum atomic E-state index is 12.2. The van der Waals surface area contributed by atoms with Crippen LogP contribution in [-0.2, 0) is 14.4 Å². The molecule has 1 aromatic carbocycles. The van der Waals surface area contributed by atoms with Crippen molar-refractivity contribution in [3.05, 3.63) is 28.8 Å². The molecule has 0 atom stereocenters. The Morgan fingerprint density at radius 2 is 1.46 bits per heavy atom. The Kier molecular flexibility index (Phi) is 8.63. The number of hydrogen-bond donors (Lipinski definition) is 3. The second kappa shape index (κ2) is 10.2. The summed E-state index contributed by atoms with van der Waals surface area (Å²) in [5.41, 5.74) is 3.57. The molecule has 0 saturated heterocycles. The van der Waals surface area contributed by atoms with Crippen molar-refractivity contribution in [3.63, 3.8) is 0 Å². The Hall–Kier alpha value is -2.41. The molecular formula is C21H34N4O3. The molecule has 0 aliphatic heterocycles. The Labute approximate surface area is 168 Å². The number of rotatable bonds is 8. The summed E-state index contributed by atoms with van der Waals surface area (Å²) in [5, 5.41) is 8.34. The van der Waals surface area contributed by atoms with E-state index < -0.39 is 0 Å². The van der Waals surface area contributed by atoms with Crippen LogP contribution in [0.2, 0.25) is 0 Å². The van der Waals surface area contributed by atoms with E-state index in [1.165, 1.54) is 0 Å². The molecule has 28 heavy (non-hydrogen) atoms. The van der Waals surface area contributed by atoms with Gasteiger partial charge < -0.3 is 16.0 Å². The lowest BCUT2D eigenvalue weighted by molar-refractivity contribution is -0.127. The highest BCUT2D eigenvalue weighted by molar-refractivity contribution is 5.96. The van der Waals surface area contributed by atoms with Crippen LogP contribution < -0.4 is 16.0 Å². The Balaban J connectivity index is 2.50. The van der Waals surface area contributed by atoms with Gasteiger partial charge in [0.2, 0.25) is 17.7 Å². The molecule has 7 nitrogen and oxygen atoms in total. The molecule has 3 amide bonds. The van der Waals surface area contributed by atoms with Crippen LogP contribution in [0.4, 0.5) is 5.69 Å². The largest absolute Gasteiger partial charge is 0.350 e. The minimum atomic E-state index is -0.316. The van der Waals surface area contributed by atoms with Crippen molar-refractivity contribution in [2.45, 2.75) is 54.0 Å². The molecule has 0 radical (unpaired) electrons. The predicted octanol–water partition coefficient (Wildman–Crippen LogP) is 1.90. The molecular weight excluding hydrogens is 356 g/mol. The van der Waals surface area contributed by atoms with Crippen molar-refractivity contribution in [3.8, 4) is 0 Å². The lowest BCUT2D eigenvalue weighted by Crippen LogP contribution is -2.48. The van der Waals surface area contributed by atoms with E-state index in [0.717, 1.165) is 22.4 Å². The predicted molar refractivity (Wildman–Crippen MR) is 112 cm³/mol. The van der Waals surface area contributed by atoms with Crippen LogP contribution >= 0.6 is 0 Å². The smallest absolute Gasteiger partial charge is 0.243 e. The van der Waals surface area contributed by atoms with Gasteiger partial charge in [-0.25, -0.2) is 0 Å². The summed E-state index contributed by atoms with van der Waals surface area (Å²) in [6.07, 6.45) is 0. The molecule has 0 unspecified atom stereocenters. The zero-order chi connectivity index (χ0) is 21.5. The van der Waals surface area contributed by atoms with Crippen molar-refractivity contribution in [1.29, 1.82) is 0 Å². The summed E-state index contributed by atoms with van der Waals surface area (Å²) < 4.78 is 0. The number of hydrogen-bond acceptors (Lipinski definition) is 4. The van der Waals surface area contributed by atoms with Crippen molar-refractivity contribution in [1.82, 2.24) is 15.5 Å². The molecule has 1 rings (SSSR count). The van der Waals surface area contributed by atoms with Crippen molar-refractivity contribution >= 4 is 23.4 Å². The highest BCUT2D eigenvalue weighted by atomic mass is 16.2. The molecule has 0 saturated carbocycles. The summed E-state index contributed by atoms with van der Waals surface area (Å²) in [5.74, 6) is -0.708. The number of carbonyl (C=O) groups is 3. The molecule has 0 heterocycles. The number of aryl methyl sites for hydroxylation is 3. The summed E-state index contributed by atoms with van der Waals surface area (Å²) in [7, 11) is 0. The van der Waals surface area contributed by atoms with Gasteiger partial charge in [0.25, 0.3) is 0 Å². The highest BCUT2D eigenvalue weighted by Gasteiger charge is 2.18. The quantitative estimate of drug-likeness (QED) is 0.632. The highest BCUT2D eigenvalue weighted by Crippen LogP contribution is 2.21. The fraction of sp³-hybridized carbons (Fsp3) is 0.571. The second-order valence-corrected chi connectivity index (χ2v) is 8.20. The molecule has 7 heteroatoms. The molecule has 1 aromatic rings. The van der Waals surface area contributed by atoms with E-state index in [1.54, 1.807) is 4.90 Å². The minimum Gasteiger partial charge on any atom is -0.350 e. The number of carbonyl (C=O) groups excluding carboxylic acids is 3. The third-order valence-electron chi connectivity index (χ3n) is 4.08. The molecule has 156 valence electrons. The first-order valence-corrected chi connectivity index (χ1v) is 9.59. The van der Waals surface area contributed by atoms with Gasteiger partial charge in [0.15, 0.2) is 0 Å². The van der Waals surface area contributed by atoms with Crippen LogP contribution in [-0.4, -0.2) is 54.3 Å². The summed E-state index contributed by atoms with van der Waals surface area (Å²) in [6, 6.07) is 4.01. The van der Waals surface area contributed by atoms with Gasteiger partial charge in [-0.3, -0.25) is 19.3 Å². The van der Waals surface area contributed by atoms with Crippen LogP contribution in [0.5, 0.6) is 0 Å². The average molecular weight is 391 g/mol. The van der Waals surface area contributed by atoms with E-state index >= 15 is 0 Å². The number of nitrogens with zero attached hydrogens (tertiary/aromatic N) is 1. The lowest BCUT2D eigenvalue weighted by atomic mass is 10.1. The van der Waals surface area contributed by atoms with Gasteiger partial charge in [0.05, 0.1) is 19.6 Å². The van der Waals surface area contributed by atoms with Crippen molar-refractivity contribution in [2.75, 3.05) is 31.5 Å². The first-order valence-electron chi connectivity index (χ1n) is 9.59. The maximum Gasteiger partial charge on any atom is 0.243 e. The number of anilines is 1. The molecule has 0 fully saturated rings. The van der Waals surface area contributed by atoms with E-state index in [2.05, 4.69) is 16.0 Å². The lowest BCUT2D eigenvalue weighted by Gasteiger charge is -2.24. The summed E-state index contributed by atoms with van der Waals surface area (Å²) in [4.78, 5) is 38.1. The van der Waals surface area contributed by atoms with Gasteiger partial charge in [-0.1, -0.05) is 24.6 Å². The number of benzene rings is 1. The van der Waals surface area contributed by atoms with Gasteiger partial charge >= 0.3 is 0 Å².